The van der Waals surface area contributed by atoms with Crippen LogP contribution >= 0.6 is 11.6 Å². The van der Waals surface area contributed by atoms with Crippen LogP contribution in [0, 0.1) is 0 Å². The van der Waals surface area contributed by atoms with Crippen molar-refractivity contribution in [2.24, 2.45) is 0 Å². The summed E-state index contributed by atoms with van der Waals surface area (Å²) in [5.41, 5.74) is 0.507. The Morgan fingerprint density at radius 3 is 2.94 bits per heavy atom. The van der Waals surface area contributed by atoms with Crippen LogP contribution in [0.4, 0.5) is 0 Å². The van der Waals surface area contributed by atoms with Gasteiger partial charge >= 0.3 is 0 Å². The maximum atomic E-state index is 11.9. The summed E-state index contributed by atoms with van der Waals surface area (Å²) in [4.78, 5) is 11.9. The van der Waals surface area contributed by atoms with Crippen molar-refractivity contribution >= 4 is 17.4 Å². The summed E-state index contributed by atoms with van der Waals surface area (Å²) in [6.45, 7) is 4.51. The van der Waals surface area contributed by atoms with Crippen LogP contribution in [-0.4, -0.2) is 28.8 Å². The molecular weight excluding hydrogens is 228 g/mol. The van der Waals surface area contributed by atoms with Crippen molar-refractivity contribution < 1.29 is 9.53 Å². The van der Waals surface area contributed by atoms with Crippen molar-refractivity contribution in [3.8, 4) is 0 Å². The third kappa shape index (κ3) is 3.06. The number of carbonyl (C=O) groups excluding carboxylic acids is 1. The summed E-state index contributed by atoms with van der Waals surface area (Å²) in [6, 6.07) is 0. The monoisotopic (exact) mass is 244 g/mol. The minimum Gasteiger partial charge on any atom is -0.382 e. The van der Waals surface area contributed by atoms with Crippen LogP contribution in [0.15, 0.2) is 6.20 Å². The van der Waals surface area contributed by atoms with E-state index in [1.165, 1.54) is 6.20 Å². The molecule has 4 nitrogen and oxygen atoms in total. The molecular formula is C11H17ClN2O2. The molecule has 0 fully saturated rings. The Balaban J connectivity index is 2.69. The van der Waals surface area contributed by atoms with E-state index in [2.05, 4.69) is 5.10 Å². The number of hydrogen-bond acceptors (Lipinski definition) is 3. The maximum absolute atomic E-state index is 11.9. The molecule has 1 heterocycles. The molecule has 0 radical (unpaired) electrons. The molecule has 0 aliphatic heterocycles. The molecule has 0 bridgehead atoms. The zero-order valence-corrected chi connectivity index (χ0v) is 10.6. The molecule has 16 heavy (non-hydrogen) atoms. The van der Waals surface area contributed by atoms with Gasteiger partial charge in [-0.3, -0.25) is 9.48 Å². The number of aryl methyl sites for hydroxylation is 1. The average molecular weight is 245 g/mol. The number of methoxy groups -OCH3 is 1. The number of hydrogen-bond donors (Lipinski definition) is 0. The van der Waals surface area contributed by atoms with Gasteiger partial charge in [0.15, 0.2) is 5.78 Å². The largest absolute Gasteiger partial charge is 0.382 e. The van der Waals surface area contributed by atoms with Crippen LogP contribution in [0.1, 0.15) is 37.2 Å². The quantitative estimate of drug-likeness (QED) is 0.723. The lowest BCUT2D eigenvalue weighted by molar-refractivity contribution is 0.0870. The van der Waals surface area contributed by atoms with Crippen molar-refractivity contribution in [2.75, 3.05) is 7.11 Å². The molecule has 0 amide bonds. The fraction of sp³-hybridized carbons (Fsp3) is 0.636. The predicted molar refractivity (Wildman–Crippen MR) is 62.9 cm³/mol. The minimum atomic E-state index is 0.0215. The molecule has 90 valence electrons. The van der Waals surface area contributed by atoms with Gasteiger partial charge in [-0.25, -0.2) is 0 Å². The topological polar surface area (TPSA) is 44.1 Å². The minimum absolute atomic E-state index is 0.0215. The van der Waals surface area contributed by atoms with Gasteiger partial charge in [0, 0.05) is 20.1 Å². The molecule has 0 aromatic carbocycles. The molecule has 1 rings (SSSR count). The zero-order chi connectivity index (χ0) is 12.1. The SMILES string of the molecule is CCn1ncc(Cl)c1C(=O)CCC(C)OC. The second-order valence-corrected chi connectivity index (χ2v) is 4.07. The fourth-order valence-electron chi connectivity index (χ4n) is 1.45. The van der Waals surface area contributed by atoms with E-state index in [1.54, 1.807) is 11.8 Å². The second-order valence-electron chi connectivity index (χ2n) is 3.67. The van der Waals surface area contributed by atoms with Crippen LogP contribution in [-0.2, 0) is 11.3 Å². The van der Waals surface area contributed by atoms with E-state index < -0.39 is 0 Å². The molecule has 0 saturated heterocycles. The highest BCUT2D eigenvalue weighted by Gasteiger charge is 2.17. The molecule has 1 atom stereocenters. The number of halogens is 1. The van der Waals surface area contributed by atoms with Crippen molar-refractivity contribution in [1.82, 2.24) is 9.78 Å². The summed E-state index contributed by atoms with van der Waals surface area (Å²) in [5, 5.41) is 4.46. The summed E-state index contributed by atoms with van der Waals surface area (Å²) in [6.07, 6.45) is 2.72. The highest BCUT2D eigenvalue weighted by atomic mass is 35.5. The number of ketones is 1. The number of ether oxygens (including phenoxy) is 1. The Hall–Kier alpha value is -0.870. The van der Waals surface area contributed by atoms with Crippen LogP contribution in [0.25, 0.3) is 0 Å². The lowest BCUT2D eigenvalue weighted by atomic mass is 10.1. The molecule has 0 aliphatic rings. The van der Waals surface area contributed by atoms with Gasteiger partial charge in [-0.05, 0) is 20.3 Å². The fourth-order valence-corrected chi connectivity index (χ4v) is 1.70. The molecule has 1 unspecified atom stereocenters. The van der Waals surface area contributed by atoms with E-state index in [1.807, 2.05) is 13.8 Å². The van der Waals surface area contributed by atoms with Gasteiger partial charge in [-0.2, -0.15) is 5.10 Å². The van der Waals surface area contributed by atoms with Crippen LogP contribution in [0.3, 0.4) is 0 Å². The Kier molecular flexibility index (Phi) is 4.96. The summed E-state index contributed by atoms with van der Waals surface area (Å²) >= 11 is 5.93. The van der Waals surface area contributed by atoms with E-state index in [-0.39, 0.29) is 11.9 Å². The Morgan fingerprint density at radius 2 is 2.38 bits per heavy atom. The van der Waals surface area contributed by atoms with E-state index in [0.29, 0.717) is 30.1 Å². The molecule has 0 N–H and O–H groups in total. The Morgan fingerprint density at radius 1 is 1.69 bits per heavy atom. The Bertz CT molecular complexity index is 363. The normalized spacial score (nSPS) is 12.8. The lowest BCUT2D eigenvalue weighted by Crippen LogP contribution is -2.13. The number of rotatable bonds is 6. The van der Waals surface area contributed by atoms with Gasteiger partial charge in [0.2, 0.25) is 0 Å². The summed E-state index contributed by atoms with van der Waals surface area (Å²) in [7, 11) is 1.64. The van der Waals surface area contributed by atoms with E-state index in [4.69, 9.17) is 16.3 Å². The molecule has 1 aromatic rings. The van der Waals surface area contributed by atoms with Gasteiger partial charge in [0.1, 0.15) is 5.69 Å². The number of aromatic nitrogens is 2. The number of nitrogens with zero attached hydrogens (tertiary/aromatic N) is 2. The lowest BCUT2D eigenvalue weighted by Gasteiger charge is -2.09. The van der Waals surface area contributed by atoms with E-state index >= 15 is 0 Å². The highest BCUT2D eigenvalue weighted by Crippen LogP contribution is 2.18. The van der Waals surface area contributed by atoms with Crippen molar-refractivity contribution in [2.45, 2.75) is 39.3 Å². The first-order chi connectivity index (χ1) is 7.60. The first kappa shape index (κ1) is 13.2. The van der Waals surface area contributed by atoms with Crippen LogP contribution in [0.2, 0.25) is 5.02 Å². The van der Waals surface area contributed by atoms with Gasteiger partial charge in [-0.1, -0.05) is 11.6 Å². The first-order valence-electron chi connectivity index (χ1n) is 5.37. The second kappa shape index (κ2) is 6.01. The standard InChI is InChI=1S/C11H17ClN2O2/c1-4-14-11(9(12)7-13-14)10(15)6-5-8(2)16-3/h7-8H,4-6H2,1-3H3. The molecule has 0 spiro atoms. The van der Waals surface area contributed by atoms with Gasteiger partial charge in [0.25, 0.3) is 0 Å². The van der Waals surface area contributed by atoms with Crippen molar-refractivity contribution in [3.63, 3.8) is 0 Å². The van der Waals surface area contributed by atoms with Gasteiger partial charge < -0.3 is 4.74 Å². The molecule has 1 aromatic heterocycles. The first-order valence-corrected chi connectivity index (χ1v) is 5.75. The van der Waals surface area contributed by atoms with E-state index in [9.17, 15) is 4.79 Å². The molecule has 5 heteroatoms. The smallest absolute Gasteiger partial charge is 0.182 e. The third-order valence-corrected chi connectivity index (χ3v) is 2.82. The zero-order valence-electron chi connectivity index (χ0n) is 9.86. The summed E-state index contributed by atoms with van der Waals surface area (Å²) in [5.74, 6) is 0.0215. The van der Waals surface area contributed by atoms with Crippen LogP contribution in [0.5, 0.6) is 0 Å². The van der Waals surface area contributed by atoms with Gasteiger partial charge in [-0.15, -0.1) is 0 Å². The number of Topliss-reactive ketones (excluding diaryl/α,β-unsaturated/α-hetero) is 1. The number of carbonyl (C=O) groups is 1. The van der Waals surface area contributed by atoms with Gasteiger partial charge in [0.05, 0.1) is 17.3 Å². The van der Waals surface area contributed by atoms with Crippen LogP contribution < -0.4 is 0 Å². The third-order valence-electron chi connectivity index (χ3n) is 2.54. The van der Waals surface area contributed by atoms with Crippen molar-refractivity contribution in [1.29, 1.82) is 0 Å². The maximum Gasteiger partial charge on any atom is 0.182 e. The summed E-state index contributed by atoms with van der Waals surface area (Å²) < 4.78 is 6.72. The van der Waals surface area contributed by atoms with Crippen molar-refractivity contribution in [3.05, 3.63) is 16.9 Å². The highest BCUT2D eigenvalue weighted by molar-refractivity contribution is 6.33. The predicted octanol–water partition coefficient (Wildman–Crippen LogP) is 2.55. The average Bonchev–Trinajstić information content (AvgIpc) is 2.66. The Labute approximate surface area is 101 Å². The molecule has 0 aliphatic carbocycles. The van der Waals surface area contributed by atoms with E-state index in [0.717, 1.165) is 0 Å². The molecule has 0 saturated carbocycles.